The molecule has 0 N–H and O–H groups in total. The minimum absolute atomic E-state index is 0.0371. The Kier molecular flexibility index (Phi) is 5.58. The molecule has 0 saturated carbocycles. The zero-order valence-electron chi connectivity index (χ0n) is 13.0. The van der Waals surface area contributed by atoms with E-state index in [1.54, 1.807) is 12.1 Å². The van der Waals surface area contributed by atoms with Gasteiger partial charge >= 0.3 is 6.18 Å². The summed E-state index contributed by atoms with van der Waals surface area (Å²) in [7, 11) is 0. The van der Waals surface area contributed by atoms with E-state index in [-0.39, 0.29) is 5.92 Å². The first-order valence-electron chi connectivity index (χ1n) is 7.03. The minimum Gasteiger partial charge on any atom is -0.237 e. The summed E-state index contributed by atoms with van der Waals surface area (Å²) in [6, 6.07) is 8.37. The lowest BCUT2D eigenvalue weighted by Crippen LogP contribution is -2.08. The lowest BCUT2D eigenvalue weighted by Gasteiger charge is -2.10. The molecule has 0 radical (unpaired) electrons. The summed E-state index contributed by atoms with van der Waals surface area (Å²) in [5.74, 6) is -0.0371. The summed E-state index contributed by atoms with van der Waals surface area (Å²) in [6.45, 7) is 9.63. The van der Waals surface area contributed by atoms with Crippen LogP contribution in [0.4, 0.5) is 13.2 Å². The molecule has 1 aromatic heterocycles. The van der Waals surface area contributed by atoms with Crippen molar-refractivity contribution in [3.8, 4) is 5.69 Å². The quantitative estimate of drug-likeness (QED) is 0.731. The van der Waals surface area contributed by atoms with Crippen molar-refractivity contribution in [3.63, 3.8) is 0 Å². The van der Waals surface area contributed by atoms with Crippen LogP contribution in [0.5, 0.6) is 0 Å². The van der Waals surface area contributed by atoms with E-state index in [4.69, 9.17) is 0 Å². The first-order chi connectivity index (χ1) is 9.79. The molecule has 0 bridgehead atoms. The molecule has 21 heavy (non-hydrogen) atoms. The van der Waals surface area contributed by atoms with Crippen molar-refractivity contribution in [1.82, 2.24) is 9.78 Å². The van der Waals surface area contributed by atoms with Crippen LogP contribution < -0.4 is 0 Å². The number of halogens is 3. The maximum Gasteiger partial charge on any atom is 0.435 e. The van der Waals surface area contributed by atoms with E-state index in [1.165, 1.54) is 4.68 Å². The van der Waals surface area contributed by atoms with Crippen LogP contribution in [0.15, 0.2) is 30.3 Å². The molecule has 0 aliphatic heterocycles. The van der Waals surface area contributed by atoms with Gasteiger partial charge in [-0.2, -0.15) is 18.3 Å². The molecule has 2 aromatic rings. The van der Waals surface area contributed by atoms with Gasteiger partial charge in [-0.3, -0.25) is 0 Å². The molecule has 0 aliphatic rings. The maximum absolute atomic E-state index is 12.7. The number of rotatable bonds is 2. The number of alkyl halides is 3. The van der Waals surface area contributed by atoms with Crippen molar-refractivity contribution in [2.24, 2.45) is 0 Å². The lowest BCUT2D eigenvalue weighted by molar-refractivity contribution is -0.141. The summed E-state index contributed by atoms with van der Waals surface area (Å²) in [6.07, 6.45) is -4.42. The highest BCUT2D eigenvalue weighted by Gasteiger charge is 2.35. The Labute approximate surface area is 123 Å². The molecule has 5 heteroatoms. The van der Waals surface area contributed by atoms with Gasteiger partial charge in [0.25, 0.3) is 0 Å². The van der Waals surface area contributed by atoms with Gasteiger partial charge in [-0.05, 0) is 31.0 Å². The number of aryl methyl sites for hydroxylation is 1. The smallest absolute Gasteiger partial charge is 0.237 e. The number of benzene rings is 1. The van der Waals surface area contributed by atoms with Crippen LogP contribution in [0, 0.1) is 6.92 Å². The summed E-state index contributed by atoms with van der Waals surface area (Å²) >= 11 is 0. The van der Waals surface area contributed by atoms with Crippen molar-refractivity contribution >= 4 is 0 Å². The first-order valence-corrected chi connectivity index (χ1v) is 7.03. The van der Waals surface area contributed by atoms with Gasteiger partial charge in [0.05, 0.1) is 5.69 Å². The highest BCUT2D eigenvalue weighted by atomic mass is 19.4. The number of nitrogens with zero attached hydrogens (tertiary/aromatic N) is 2. The Balaban J connectivity index is 0.00000106. The van der Waals surface area contributed by atoms with Crippen LogP contribution in [0.1, 0.15) is 50.6 Å². The summed E-state index contributed by atoms with van der Waals surface area (Å²) < 4.78 is 39.6. The Hall–Kier alpha value is -1.78. The average molecular weight is 298 g/mol. The summed E-state index contributed by atoms with van der Waals surface area (Å²) in [4.78, 5) is 0. The highest BCUT2D eigenvalue weighted by molar-refractivity contribution is 5.36. The van der Waals surface area contributed by atoms with Gasteiger partial charge < -0.3 is 0 Å². The molecule has 0 saturated heterocycles. The van der Waals surface area contributed by atoms with E-state index in [9.17, 15) is 13.2 Å². The number of hydrogen-bond donors (Lipinski definition) is 0. The van der Waals surface area contributed by atoms with Gasteiger partial charge in [0.2, 0.25) is 0 Å². The summed E-state index contributed by atoms with van der Waals surface area (Å²) in [5, 5.41) is 3.69. The van der Waals surface area contributed by atoms with Crippen LogP contribution in [0.3, 0.4) is 0 Å². The number of hydrogen-bond acceptors (Lipinski definition) is 1. The SMILES string of the molecule is CC.Cc1ccc(-n2nc(C(F)(F)F)cc2C(C)C)cc1. The van der Waals surface area contributed by atoms with Gasteiger partial charge in [0.15, 0.2) is 5.69 Å². The molecule has 0 amide bonds. The topological polar surface area (TPSA) is 17.8 Å². The van der Waals surface area contributed by atoms with E-state index >= 15 is 0 Å². The molecular formula is C16H21F3N2. The molecule has 0 aliphatic carbocycles. The van der Waals surface area contributed by atoms with E-state index in [1.807, 2.05) is 46.8 Å². The monoisotopic (exact) mass is 298 g/mol. The fourth-order valence-electron chi connectivity index (χ4n) is 1.84. The molecule has 116 valence electrons. The van der Waals surface area contributed by atoms with Crippen molar-refractivity contribution in [2.75, 3.05) is 0 Å². The van der Waals surface area contributed by atoms with Gasteiger partial charge in [0.1, 0.15) is 0 Å². The maximum atomic E-state index is 12.7. The second-order valence-corrected chi connectivity index (χ2v) is 4.85. The zero-order valence-corrected chi connectivity index (χ0v) is 13.0. The molecule has 0 atom stereocenters. The molecule has 2 rings (SSSR count). The Morgan fingerprint density at radius 2 is 1.57 bits per heavy atom. The van der Waals surface area contributed by atoms with Crippen LogP contribution >= 0.6 is 0 Å². The third-order valence-corrected chi connectivity index (χ3v) is 2.90. The van der Waals surface area contributed by atoms with Crippen LogP contribution in [-0.4, -0.2) is 9.78 Å². The Morgan fingerprint density at radius 3 is 2.00 bits per heavy atom. The molecule has 2 nitrogen and oxygen atoms in total. The first kappa shape index (κ1) is 17.3. The van der Waals surface area contributed by atoms with E-state index in [0.717, 1.165) is 11.6 Å². The van der Waals surface area contributed by atoms with Crippen LogP contribution in [0.25, 0.3) is 5.69 Å². The predicted octanol–water partition coefficient (Wildman–Crippen LogP) is 5.35. The molecule has 1 aromatic carbocycles. The van der Waals surface area contributed by atoms with Crippen molar-refractivity contribution in [1.29, 1.82) is 0 Å². The molecule has 0 unspecified atom stereocenters. The van der Waals surface area contributed by atoms with Crippen LogP contribution in [-0.2, 0) is 6.18 Å². The van der Waals surface area contributed by atoms with E-state index < -0.39 is 11.9 Å². The third-order valence-electron chi connectivity index (χ3n) is 2.90. The van der Waals surface area contributed by atoms with Crippen molar-refractivity contribution in [3.05, 3.63) is 47.3 Å². The normalized spacial score (nSPS) is 11.3. The fraction of sp³-hybridized carbons (Fsp3) is 0.438. The van der Waals surface area contributed by atoms with Gasteiger partial charge in [-0.25, -0.2) is 4.68 Å². The summed E-state index contributed by atoms with van der Waals surface area (Å²) in [5.41, 5.74) is 1.40. The van der Waals surface area contributed by atoms with Crippen molar-refractivity contribution in [2.45, 2.75) is 46.7 Å². The number of aromatic nitrogens is 2. The minimum atomic E-state index is -4.42. The fourth-order valence-corrected chi connectivity index (χ4v) is 1.84. The van der Waals surface area contributed by atoms with Crippen molar-refractivity contribution < 1.29 is 13.2 Å². The highest BCUT2D eigenvalue weighted by Crippen LogP contribution is 2.31. The molecule has 1 heterocycles. The largest absolute Gasteiger partial charge is 0.435 e. The zero-order chi connectivity index (χ0) is 16.2. The van der Waals surface area contributed by atoms with Gasteiger partial charge in [-0.1, -0.05) is 45.4 Å². The van der Waals surface area contributed by atoms with E-state index in [2.05, 4.69) is 5.10 Å². The van der Waals surface area contributed by atoms with E-state index in [0.29, 0.717) is 11.4 Å². The van der Waals surface area contributed by atoms with Crippen LogP contribution in [0.2, 0.25) is 0 Å². The molecular weight excluding hydrogens is 277 g/mol. The third kappa shape index (κ3) is 4.09. The predicted molar refractivity (Wildman–Crippen MR) is 78.7 cm³/mol. The van der Waals surface area contributed by atoms with Gasteiger partial charge in [0, 0.05) is 5.69 Å². The van der Waals surface area contributed by atoms with Gasteiger partial charge in [-0.15, -0.1) is 0 Å². The molecule has 0 spiro atoms. The standard InChI is InChI=1S/C14H15F3N2.C2H6/c1-9(2)12-8-13(14(15,16)17)18-19(12)11-6-4-10(3)5-7-11;1-2/h4-9H,1-3H3;1-2H3. The average Bonchev–Trinajstić information content (AvgIpc) is 2.87. The second kappa shape index (κ2) is 6.78. The molecule has 0 fully saturated rings. The Morgan fingerprint density at radius 1 is 1.05 bits per heavy atom. The Bertz CT molecular complexity index is 566. The second-order valence-electron chi connectivity index (χ2n) is 4.85. The lowest BCUT2D eigenvalue weighted by atomic mass is 10.1.